The van der Waals surface area contributed by atoms with Crippen LogP contribution in [0.4, 0.5) is 0 Å². The van der Waals surface area contributed by atoms with E-state index < -0.39 is 145 Å². The number of guanidine groups is 2. The number of amides is 8. The van der Waals surface area contributed by atoms with E-state index in [0.717, 1.165) is 0 Å². The lowest BCUT2D eigenvalue weighted by molar-refractivity contribution is -0.144. The predicted octanol–water partition coefficient (Wildman–Crippen LogP) is -6.78. The topological polar surface area (TPSA) is 503 Å². The Labute approximate surface area is 405 Å². The molecular weight excluding hydrogens is 927 g/mol. The molecule has 0 aliphatic rings. The molecular formula is C41H75N15O14. The van der Waals surface area contributed by atoms with E-state index in [1.54, 1.807) is 27.7 Å². The van der Waals surface area contributed by atoms with Crippen molar-refractivity contribution in [1.82, 2.24) is 42.5 Å². The average Bonchev–Trinajstić information content (AvgIpc) is 3.25. The minimum atomic E-state index is -1.70. The van der Waals surface area contributed by atoms with Crippen molar-refractivity contribution in [3.63, 3.8) is 0 Å². The minimum Gasteiger partial charge on any atom is -0.481 e. The molecule has 22 N–H and O–H groups in total. The van der Waals surface area contributed by atoms with Crippen LogP contribution < -0.4 is 71.2 Å². The van der Waals surface area contributed by atoms with Crippen LogP contribution in [0.1, 0.15) is 87.0 Å². The molecule has 0 rings (SSSR count). The number of aliphatic hydroxyl groups is 2. The van der Waals surface area contributed by atoms with E-state index in [-0.39, 0.29) is 63.0 Å². The second kappa shape index (κ2) is 32.0. The summed E-state index contributed by atoms with van der Waals surface area (Å²) in [6, 6.07) is -13.1. The Hall–Kier alpha value is -6.88. The Bertz CT molecular complexity index is 1860. The number of aliphatic imine (C=N–C) groups is 2. The van der Waals surface area contributed by atoms with E-state index in [1.165, 1.54) is 20.8 Å². The number of aliphatic carboxylic acids is 2. The van der Waals surface area contributed by atoms with Crippen molar-refractivity contribution in [1.29, 1.82) is 0 Å². The maximum atomic E-state index is 13.8. The monoisotopic (exact) mass is 1000 g/mol. The van der Waals surface area contributed by atoms with E-state index in [1.807, 2.05) is 0 Å². The second-order valence-corrected chi connectivity index (χ2v) is 17.4. The lowest BCUT2D eigenvalue weighted by atomic mass is 9.99. The van der Waals surface area contributed by atoms with E-state index in [4.69, 9.17) is 33.8 Å². The molecule has 9 atom stereocenters. The second-order valence-electron chi connectivity index (χ2n) is 17.4. The molecule has 29 heteroatoms. The first-order valence-corrected chi connectivity index (χ1v) is 22.5. The first-order chi connectivity index (χ1) is 32.6. The van der Waals surface area contributed by atoms with Gasteiger partial charge in [-0.1, -0.05) is 41.5 Å². The fraction of sp³-hybridized carbons (Fsp3) is 0.707. The van der Waals surface area contributed by atoms with E-state index >= 15 is 0 Å². The third kappa shape index (κ3) is 24.4. The highest BCUT2D eigenvalue weighted by atomic mass is 16.4. The highest BCUT2D eigenvalue weighted by Crippen LogP contribution is 2.11. The van der Waals surface area contributed by atoms with Gasteiger partial charge in [0, 0.05) is 13.1 Å². The summed E-state index contributed by atoms with van der Waals surface area (Å²) in [5, 5.41) is 57.7. The van der Waals surface area contributed by atoms with Crippen molar-refractivity contribution in [3.8, 4) is 0 Å². The van der Waals surface area contributed by atoms with Crippen LogP contribution in [0.2, 0.25) is 0 Å². The van der Waals surface area contributed by atoms with E-state index in [2.05, 4.69) is 52.5 Å². The number of hydrogen-bond donors (Lipinski definition) is 17. The lowest BCUT2D eigenvalue weighted by Crippen LogP contribution is -2.61. The maximum absolute atomic E-state index is 13.8. The van der Waals surface area contributed by atoms with Gasteiger partial charge < -0.3 is 91.6 Å². The Balaban J connectivity index is 6.19. The van der Waals surface area contributed by atoms with Crippen molar-refractivity contribution >= 4 is 71.1 Å². The van der Waals surface area contributed by atoms with Gasteiger partial charge in [-0.15, -0.1) is 0 Å². The van der Waals surface area contributed by atoms with Crippen LogP contribution in [0.25, 0.3) is 0 Å². The molecule has 0 aromatic rings. The number of hydrogen-bond acceptors (Lipinski definition) is 15. The van der Waals surface area contributed by atoms with Crippen LogP contribution in [0.5, 0.6) is 0 Å². The van der Waals surface area contributed by atoms with Crippen LogP contribution in [0.15, 0.2) is 9.98 Å². The number of carboxylic acids is 2. The Kier molecular flexibility index (Phi) is 28.9. The van der Waals surface area contributed by atoms with Gasteiger partial charge >= 0.3 is 11.9 Å². The number of carbonyl (C=O) groups is 10. The molecule has 0 spiro atoms. The van der Waals surface area contributed by atoms with Crippen LogP contribution in [0, 0.1) is 17.8 Å². The lowest BCUT2D eigenvalue weighted by Gasteiger charge is -2.29. The summed E-state index contributed by atoms with van der Waals surface area (Å²) >= 11 is 0. The van der Waals surface area contributed by atoms with Gasteiger partial charge in [0.05, 0.1) is 25.7 Å². The van der Waals surface area contributed by atoms with Gasteiger partial charge in [0.1, 0.15) is 48.3 Å². The van der Waals surface area contributed by atoms with Crippen molar-refractivity contribution in [2.24, 2.45) is 56.4 Å². The molecule has 0 aromatic heterocycles. The van der Waals surface area contributed by atoms with Crippen LogP contribution >= 0.6 is 0 Å². The number of nitrogens with two attached hydrogens (primary N) is 5. The van der Waals surface area contributed by atoms with Crippen molar-refractivity contribution in [3.05, 3.63) is 0 Å². The summed E-state index contributed by atoms with van der Waals surface area (Å²) < 4.78 is 0. The molecule has 0 heterocycles. The largest absolute Gasteiger partial charge is 0.481 e. The van der Waals surface area contributed by atoms with E-state index in [9.17, 15) is 63.3 Å². The standard InChI is InChI=1S/C41H75N15O14/c1-18(2)14-25(52-33(63)24(11-9-13-48-41(45)46)51-32(62)22(42)15-28(59)60)35(65)55-29(19(3)4)38(68)54-26(16-57)36(66)49-21(7)31(61)50-23(10-8-12-47-40(43)44)34(64)53-27(17-58)37(67)56-30(20(5)6)39(69)70/h18-27,29-30,57-58H,8-17,42H2,1-7H3,(H,49,66)(H,50,61)(H,51,62)(H,52,63)(H,53,64)(H,54,68)(H,55,65)(H,56,67)(H,59,60)(H,69,70)(H4,43,44,47)(H4,45,46,48)/t21-,22-,23-,24-,25-,26-,27-,29-,30-/m0/s1. The molecule has 0 aromatic carbocycles. The van der Waals surface area contributed by atoms with Crippen molar-refractivity contribution < 1.29 is 68.4 Å². The summed E-state index contributed by atoms with van der Waals surface area (Å²) in [7, 11) is 0. The summed E-state index contributed by atoms with van der Waals surface area (Å²) in [6.45, 7) is 8.99. The number of nitrogens with zero attached hydrogens (tertiary/aromatic N) is 2. The van der Waals surface area contributed by atoms with Crippen LogP contribution in [-0.4, -0.2) is 172 Å². The zero-order valence-corrected chi connectivity index (χ0v) is 40.7. The third-order valence-electron chi connectivity index (χ3n) is 10.1. The number of carbonyl (C=O) groups excluding carboxylic acids is 8. The zero-order valence-electron chi connectivity index (χ0n) is 40.7. The molecule has 398 valence electrons. The van der Waals surface area contributed by atoms with Crippen molar-refractivity contribution in [2.45, 2.75) is 141 Å². The normalized spacial score (nSPS) is 14.9. The van der Waals surface area contributed by atoms with Crippen LogP contribution in [0.3, 0.4) is 0 Å². The molecule has 0 radical (unpaired) electrons. The molecule has 0 saturated heterocycles. The first kappa shape index (κ1) is 63.1. The number of nitrogens with one attached hydrogen (secondary N) is 8. The van der Waals surface area contributed by atoms with Gasteiger partial charge in [-0.05, 0) is 56.8 Å². The molecule has 0 aliphatic heterocycles. The third-order valence-corrected chi connectivity index (χ3v) is 10.1. The highest BCUT2D eigenvalue weighted by Gasteiger charge is 2.35. The number of rotatable bonds is 33. The molecule has 0 fully saturated rings. The molecule has 8 amide bonds. The Morgan fingerprint density at radius 3 is 1.24 bits per heavy atom. The van der Waals surface area contributed by atoms with Gasteiger partial charge in [-0.3, -0.25) is 53.1 Å². The fourth-order valence-electron chi connectivity index (χ4n) is 6.23. The van der Waals surface area contributed by atoms with Crippen LogP contribution in [-0.2, 0) is 47.9 Å². The van der Waals surface area contributed by atoms with E-state index in [0.29, 0.717) is 0 Å². The summed E-state index contributed by atoms with van der Waals surface area (Å²) in [6.07, 6.45) is -0.651. The Morgan fingerprint density at radius 1 is 0.471 bits per heavy atom. The maximum Gasteiger partial charge on any atom is 0.326 e. The molecule has 0 aliphatic carbocycles. The number of carboxylic acid groups (broad SMARTS) is 2. The minimum absolute atomic E-state index is 0.00561. The molecule has 0 unspecified atom stereocenters. The number of aliphatic hydroxyl groups excluding tert-OH is 2. The average molecular weight is 1000 g/mol. The first-order valence-electron chi connectivity index (χ1n) is 22.5. The highest BCUT2D eigenvalue weighted by molar-refractivity contribution is 5.98. The van der Waals surface area contributed by atoms with Gasteiger partial charge in [0.15, 0.2) is 11.9 Å². The molecule has 0 saturated carbocycles. The summed E-state index contributed by atoms with van der Waals surface area (Å²) in [4.78, 5) is 137. The van der Waals surface area contributed by atoms with Crippen molar-refractivity contribution in [2.75, 3.05) is 26.3 Å². The van der Waals surface area contributed by atoms with Gasteiger partial charge in [0.25, 0.3) is 0 Å². The van der Waals surface area contributed by atoms with Gasteiger partial charge in [-0.2, -0.15) is 0 Å². The molecule has 0 bridgehead atoms. The van der Waals surface area contributed by atoms with Gasteiger partial charge in [-0.25, -0.2) is 4.79 Å². The molecule has 29 nitrogen and oxygen atoms in total. The SMILES string of the molecule is CC(C)C[C@H](NC(=O)[C@H](CCCN=C(N)N)NC(=O)[C@@H](N)CC(=O)O)C(=O)N[C@H](C(=O)N[C@@H](CO)C(=O)N[C@@H](C)C(=O)N[C@@H](CCCN=C(N)N)C(=O)N[C@@H](CO)C(=O)N[C@H](C(=O)O)C(C)C)C(C)C. The quantitative estimate of drug-likeness (QED) is 0.0165. The smallest absolute Gasteiger partial charge is 0.326 e. The summed E-state index contributed by atoms with van der Waals surface area (Å²) in [5.41, 5.74) is 27.2. The fourth-order valence-corrected chi connectivity index (χ4v) is 6.23. The van der Waals surface area contributed by atoms with Gasteiger partial charge in [0.2, 0.25) is 47.3 Å². The Morgan fingerprint density at radius 2 is 0.843 bits per heavy atom. The zero-order chi connectivity index (χ0) is 54.0. The molecule has 70 heavy (non-hydrogen) atoms. The predicted molar refractivity (Wildman–Crippen MR) is 252 cm³/mol. The summed E-state index contributed by atoms with van der Waals surface area (Å²) in [5.74, 6) is -12.3.